The van der Waals surface area contributed by atoms with Crippen molar-refractivity contribution in [2.24, 2.45) is 0 Å². The maximum Gasteiger partial charge on any atom is 0.244 e. The molecule has 0 heterocycles. The number of nitrogens with zero attached hydrogens (tertiary/aromatic N) is 1. The molecule has 0 bridgehead atoms. The Kier molecular flexibility index (Phi) is 5.66. The van der Waals surface area contributed by atoms with Gasteiger partial charge < -0.3 is 0 Å². The van der Waals surface area contributed by atoms with Crippen LogP contribution in [0.3, 0.4) is 0 Å². The zero-order valence-corrected chi connectivity index (χ0v) is 10.9. The van der Waals surface area contributed by atoms with Crippen molar-refractivity contribution in [3.8, 4) is 0 Å². The van der Waals surface area contributed by atoms with E-state index in [0.717, 1.165) is 16.3 Å². The van der Waals surface area contributed by atoms with Crippen LogP contribution in [-0.4, -0.2) is 30.8 Å². The molecule has 1 aromatic carbocycles. The van der Waals surface area contributed by atoms with Crippen molar-refractivity contribution in [3.05, 3.63) is 34.9 Å². The van der Waals surface area contributed by atoms with Gasteiger partial charge in [-0.3, -0.25) is 10.2 Å². The second-order valence-electron chi connectivity index (χ2n) is 3.55. The number of rotatable bonds is 5. The fourth-order valence-electron chi connectivity index (χ4n) is 1.17. The minimum atomic E-state index is 0.0111. The lowest BCUT2D eigenvalue weighted by molar-refractivity contribution is -0.122. The molecule has 0 aromatic heterocycles. The zero-order valence-electron chi connectivity index (χ0n) is 9.37. The van der Waals surface area contributed by atoms with E-state index in [4.69, 9.17) is 11.6 Å². The van der Waals surface area contributed by atoms with E-state index in [1.807, 2.05) is 24.3 Å². The van der Waals surface area contributed by atoms with E-state index < -0.39 is 0 Å². The van der Waals surface area contributed by atoms with Gasteiger partial charge >= 0.3 is 0 Å². The van der Waals surface area contributed by atoms with E-state index in [9.17, 15) is 4.79 Å². The summed E-state index contributed by atoms with van der Waals surface area (Å²) in [4.78, 5) is 11.3. The molecule has 88 valence electrons. The number of hydrazine groups is 1. The first-order valence-electron chi connectivity index (χ1n) is 4.87. The van der Waals surface area contributed by atoms with Gasteiger partial charge in [-0.25, -0.2) is 5.01 Å². The molecular weight excluding hydrogens is 244 g/mol. The van der Waals surface area contributed by atoms with Crippen LogP contribution in [0.1, 0.15) is 5.56 Å². The summed E-state index contributed by atoms with van der Waals surface area (Å²) in [6, 6.07) is 7.67. The fourth-order valence-corrected chi connectivity index (χ4v) is 2.15. The summed E-state index contributed by atoms with van der Waals surface area (Å²) < 4.78 is 0. The maximum atomic E-state index is 11.3. The smallest absolute Gasteiger partial charge is 0.244 e. The molecule has 1 N–H and O–H groups in total. The summed E-state index contributed by atoms with van der Waals surface area (Å²) in [5.74, 6) is 1.25. The van der Waals surface area contributed by atoms with Crippen molar-refractivity contribution in [1.29, 1.82) is 0 Å². The summed E-state index contributed by atoms with van der Waals surface area (Å²) in [5.41, 5.74) is 3.82. The summed E-state index contributed by atoms with van der Waals surface area (Å²) in [6.07, 6.45) is 0. The SMILES string of the molecule is CN(C)NC(=O)CSCc1cccc(Cl)c1. The summed E-state index contributed by atoms with van der Waals surface area (Å²) in [5, 5.41) is 2.37. The van der Waals surface area contributed by atoms with Crippen molar-refractivity contribution >= 4 is 29.3 Å². The molecule has 5 heteroatoms. The van der Waals surface area contributed by atoms with E-state index in [0.29, 0.717) is 5.75 Å². The zero-order chi connectivity index (χ0) is 12.0. The van der Waals surface area contributed by atoms with Gasteiger partial charge in [0.25, 0.3) is 0 Å². The van der Waals surface area contributed by atoms with E-state index >= 15 is 0 Å². The molecule has 0 unspecified atom stereocenters. The fraction of sp³-hybridized carbons (Fsp3) is 0.364. The predicted octanol–water partition coefficient (Wildman–Crippen LogP) is 2.17. The molecule has 1 amide bonds. The average molecular weight is 259 g/mol. The minimum absolute atomic E-state index is 0.0111. The minimum Gasteiger partial charge on any atom is -0.289 e. The van der Waals surface area contributed by atoms with E-state index in [-0.39, 0.29) is 5.91 Å². The number of thioether (sulfide) groups is 1. The monoisotopic (exact) mass is 258 g/mol. The van der Waals surface area contributed by atoms with Crippen molar-refractivity contribution in [2.75, 3.05) is 19.8 Å². The van der Waals surface area contributed by atoms with Crippen LogP contribution in [0.25, 0.3) is 0 Å². The summed E-state index contributed by atoms with van der Waals surface area (Å²) >= 11 is 7.43. The second kappa shape index (κ2) is 6.78. The molecule has 16 heavy (non-hydrogen) atoms. The molecule has 0 radical (unpaired) electrons. The van der Waals surface area contributed by atoms with Crippen LogP contribution in [-0.2, 0) is 10.5 Å². The van der Waals surface area contributed by atoms with Crippen molar-refractivity contribution in [1.82, 2.24) is 10.4 Å². The number of amides is 1. The third kappa shape index (κ3) is 5.39. The van der Waals surface area contributed by atoms with Crippen LogP contribution >= 0.6 is 23.4 Å². The first-order chi connectivity index (χ1) is 7.58. The predicted molar refractivity (Wildman–Crippen MR) is 69.4 cm³/mol. The maximum absolute atomic E-state index is 11.3. The molecule has 0 saturated heterocycles. The number of hydrogen-bond acceptors (Lipinski definition) is 3. The topological polar surface area (TPSA) is 32.3 Å². The van der Waals surface area contributed by atoms with Crippen LogP contribution in [0.2, 0.25) is 5.02 Å². The first-order valence-corrected chi connectivity index (χ1v) is 6.40. The van der Waals surface area contributed by atoms with Gasteiger partial charge in [-0.2, -0.15) is 0 Å². The lowest BCUT2D eigenvalue weighted by Gasteiger charge is -2.11. The number of nitrogens with one attached hydrogen (secondary N) is 1. The number of benzene rings is 1. The average Bonchev–Trinajstić information content (AvgIpc) is 2.16. The molecule has 0 fully saturated rings. The Morgan fingerprint density at radius 3 is 2.88 bits per heavy atom. The normalized spacial score (nSPS) is 10.5. The number of halogens is 1. The summed E-state index contributed by atoms with van der Waals surface area (Å²) in [7, 11) is 3.58. The van der Waals surface area contributed by atoms with Gasteiger partial charge in [-0.05, 0) is 17.7 Å². The van der Waals surface area contributed by atoms with Crippen LogP contribution in [0.4, 0.5) is 0 Å². The quantitative estimate of drug-likeness (QED) is 0.822. The molecule has 1 rings (SSSR count). The van der Waals surface area contributed by atoms with Crippen LogP contribution in [0.15, 0.2) is 24.3 Å². The van der Waals surface area contributed by atoms with Gasteiger partial charge in [-0.1, -0.05) is 23.7 Å². The Labute approximate surface area is 105 Å². The lowest BCUT2D eigenvalue weighted by Crippen LogP contribution is -2.37. The number of carbonyl (C=O) groups is 1. The Balaban J connectivity index is 2.28. The Morgan fingerprint density at radius 1 is 1.50 bits per heavy atom. The summed E-state index contributed by atoms with van der Waals surface area (Å²) in [6.45, 7) is 0. The van der Waals surface area contributed by atoms with Crippen molar-refractivity contribution in [3.63, 3.8) is 0 Å². The van der Waals surface area contributed by atoms with Gasteiger partial charge in [0, 0.05) is 24.9 Å². The van der Waals surface area contributed by atoms with Gasteiger partial charge in [0.1, 0.15) is 0 Å². The van der Waals surface area contributed by atoms with Gasteiger partial charge in [0.2, 0.25) is 5.91 Å². The van der Waals surface area contributed by atoms with E-state index in [2.05, 4.69) is 5.43 Å². The van der Waals surface area contributed by atoms with Gasteiger partial charge in [-0.15, -0.1) is 11.8 Å². The molecule has 0 aliphatic heterocycles. The molecule has 3 nitrogen and oxygen atoms in total. The van der Waals surface area contributed by atoms with E-state index in [1.165, 1.54) is 0 Å². The molecule has 0 saturated carbocycles. The Hall–Kier alpha value is -0.710. The van der Waals surface area contributed by atoms with Gasteiger partial charge in [0.05, 0.1) is 5.75 Å². The first kappa shape index (κ1) is 13.4. The van der Waals surface area contributed by atoms with Crippen LogP contribution in [0, 0.1) is 0 Å². The van der Waals surface area contributed by atoms with Gasteiger partial charge in [0.15, 0.2) is 0 Å². The van der Waals surface area contributed by atoms with E-state index in [1.54, 1.807) is 30.9 Å². The standard InChI is InChI=1S/C11H15ClN2OS/c1-14(2)13-11(15)8-16-7-9-4-3-5-10(12)6-9/h3-6H,7-8H2,1-2H3,(H,13,15). The highest BCUT2D eigenvalue weighted by molar-refractivity contribution is 7.99. The number of carbonyl (C=O) groups excluding carboxylic acids is 1. The van der Waals surface area contributed by atoms with Crippen LogP contribution < -0.4 is 5.43 Å². The molecule has 0 aliphatic rings. The number of hydrogen-bond donors (Lipinski definition) is 1. The largest absolute Gasteiger partial charge is 0.289 e. The second-order valence-corrected chi connectivity index (χ2v) is 4.97. The van der Waals surface area contributed by atoms with Crippen molar-refractivity contribution in [2.45, 2.75) is 5.75 Å². The molecular formula is C11H15ClN2OS. The van der Waals surface area contributed by atoms with Crippen molar-refractivity contribution < 1.29 is 4.79 Å². The Morgan fingerprint density at radius 2 is 2.25 bits per heavy atom. The lowest BCUT2D eigenvalue weighted by atomic mass is 10.2. The molecule has 0 spiro atoms. The molecule has 0 atom stereocenters. The highest BCUT2D eigenvalue weighted by Gasteiger charge is 2.02. The third-order valence-corrected chi connectivity index (χ3v) is 2.98. The van der Waals surface area contributed by atoms with Crippen LogP contribution in [0.5, 0.6) is 0 Å². The Bertz CT molecular complexity index is 358. The highest BCUT2D eigenvalue weighted by Crippen LogP contribution is 2.16. The molecule has 1 aromatic rings. The molecule has 0 aliphatic carbocycles. The third-order valence-electron chi connectivity index (χ3n) is 1.74. The highest BCUT2D eigenvalue weighted by atomic mass is 35.5.